The zero-order valence-electron chi connectivity index (χ0n) is 16.9. The number of thiazole rings is 1. The summed E-state index contributed by atoms with van der Waals surface area (Å²) in [5.41, 5.74) is 1.80. The maximum atomic E-state index is 12.3. The molecule has 3 rings (SSSR count). The molecule has 0 aliphatic carbocycles. The highest BCUT2D eigenvalue weighted by atomic mass is 32.1. The van der Waals surface area contributed by atoms with Gasteiger partial charge < -0.3 is 14.8 Å². The summed E-state index contributed by atoms with van der Waals surface area (Å²) in [5, 5.41) is 3.88. The van der Waals surface area contributed by atoms with Gasteiger partial charge in [-0.05, 0) is 51.4 Å². The lowest BCUT2D eigenvalue weighted by Crippen LogP contribution is -2.38. The number of rotatable bonds is 8. The molecule has 1 aliphatic heterocycles. The Kier molecular flexibility index (Phi) is 7.42. The third-order valence-electron chi connectivity index (χ3n) is 4.99. The maximum Gasteiger partial charge on any atom is 0.263 e. The molecular formula is C21H29N3O3S. The lowest BCUT2D eigenvalue weighted by Gasteiger charge is -2.31. The predicted molar refractivity (Wildman–Crippen MR) is 111 cm³/mol. The number of carbonyl (C=O) groups excluding carboxylic acids is 1. The van der Waals surface area contributed by atoms with Crippen molar-refractivity contribution in [1.29, 1.82) is 0 Å². The Morgan fingerprint density at radius 1 is 1.36 bits per heavy atom. The molecule has 0 bridgehead atoms. The number of hydrogen-bond donors (Lipinski definition) is 1. The topological polar surface area (TPSA) is 63.7 Å². The van der Waals surface area contributed by atoms with Gasteiger partial charge in [0.1, 0.15) is 17.2 Å². The van der Waals surface area contributed by atoms with E-state index < -0.39 is 0 Å². The smallest absolute Gasteiger partial charge is 0.263 e. The van der Waals surface area contributed by atoms with Gasteiger partial charge in [-0.1, -0.05) is 12.1 Å². The third-order valence-corrected chi connectivity index (χ3v) is 6.06. The van der Waals surface area contributed by atoms with E-state index in [1.54, 1.807) is 0 Å². The van der Waals surface area contributed by atoms with E-state index in [1.165, 1.54) is 11.3 Å². The second-order valence-corrected chi connectivity index (χ2v) is 8.35. The number of amides is 1. The molecule has 1 fully saturated rings. The number of benzene rings is 1. The molecule has 7 heteroatoms. The van der Waals surface area contributed by atoms with Gasteiger partial charge in [0.25, 0.3) is 5.91 Å². The van der Waals surface area contributed by atoms with Crippen molar-refractivity contribution in [3.63, 3.8) is 0 Å². The minimum absolute atomic E-state index is 0.0764. The number of ether oxygens (including phenoxy) is 2. The summed E-state index contributed by atoms with van der Waals surface area (Å²) >= 11 is 1.43. The maximum absolute atomic E-state index is 12.3. The highest BCUT2D eigenvalue weighted by Crippen LogP contribution is 2.18. The molecule has 0 unspecified atom stereocenters. The van der Waals surface area contributed by atoms with E-state index >= 15 is 0 Å². The van der Waals surface area contributed by atoms with E-state index in [2.05, 4.69) is 22.2 Å². The molecule has 28 heavy (non-hydrogen) atoms. The van der Waals surface area contributed by atoms with Crippen LogP contribution < -0.4 is 10.1 Å². The Bertz CT molecular complexity index is 787. The molecule has 6 nitrogen and oxygen atoms in total. The average molecular weight is 404 g/mol. The summed E-state index contributed by atoms with van der Waals surface area (Å²) in [5.74, 6) is 0.754. The van der Waals surface area contributed by atoms with Crippen LogP contribution in [0.2, 0.25) is 0 Å². The molecule has 1 aromatic heterocycles. The zero-order chi connectivity index (χ0) is 19.9. The Morgan fingerprint density at radius 2 is 2.14 bits per heavy atom. The molecule has 1 N–H and O–H groups in total. The van der Waals surface area contributed by atoms with Crippen molar-refractivity contribution in [3.8, 4) is 5.75 Å². The number of hydrogen-bond acceptors (Lipinski definition) is 6. The minimum atomic E-state index is -0.0764. The van der Waals surface area contributed by atoms with Crippen LogP contribution in [0.1, 0.15) is 38.8 Å². The van der Waals surface area contributed by atoms with Gasteiger partial charge in [-0.3, -0.25) is 9.69 Å². The molecule has 0 spiro atoms. The lowest BCUT2D eigenvalue weighted by molar-refractivity contribution is 0.0392. The van der Waals surface area contributed by atoms with Crippen molar-refractivity contribution in [2.24, 2.45) is 0 Å². The third kappa shape index (κ3) is 5.77. The van der Waals surface area contributed by atoms with Crippen LogP contribution in [-0.2, 0) is 11.3 Å². The van der Waals surface area contributed by atoms with Gasteiger partial charge in [-0.15, -0.1) is 11.3 Å². The van der Waals surface area contributed by atoms with E-state index in [-0.39, 0.29) is 5.91 Å². The highest BCUT2D eigenvalue weighted by molar-refractivity contribution is 7.13. The first-order chi connectivity index (χ1) is 13.5. The molecule has 1 aromatic carbocycles. The quantitative estimate of drug-likeness (QED) is 0.733. The van der Waals surface area contributed by atoms with Crippen molar-refractivity contribution in [2.45, 2.75) is 39.3 Å². The standard InChI is InChI=1S/C21H29N3O3S/c1-15-20(28-16(2)23-15)21(25)22-14-17-5-4-6-19(13-17)27-12-9-24(3)18-7-10-26-11-8-18/h4-6,13,18H,7-12,14H2,1-3H3,(H,22,25). The van der Waals surface area contributed by atoms with Crippen molar-refractivity contribution >= 4 is 17.2 Å². The van der Waals surface area contributed by atoms with Crippen LogP contribution in [0, 0.1) is 13.8 Å². The van der Waals surface area contributed by atoms with Crippen LogP contribution in [0.25, 0.3) is 0 Å². The van der Waals surface area contributed by atoms with Gasteiger partial charge in [-0.2, -0.15) is 0 Å². The van der Waals surface area contributed by atoms with Crippen molar-refractivity contribution in [3.05, 3.63) is 45.4 Å². The average Bonchev–Trinajstić information content (AvgIpc) is 3.05. The number of nitrogens with zero attached hydrogens (tertiary/aromatic N) is 2. The molecule has 2 aromatic rings. The van der Waals surface area contributed by atoms with Crippen molar-refractivity contribution in [2.75, 3.05) is 33.4 Å². The first kappa shape index (κ1) is 20.8. The fourth-order valence-electron chi connectivity index (χ4n) is 3.37. The van der Waals surface area contributed by atoms with E-state index in [1.807, 2.05) is 38.1 Å². The Labute approximate surface area is 170 Å². The summed E-state index contributed by atoms with van der Waals surface area (Å²) in [6.45, 7) is 7.47. The summed E-state index contributed by atoms with van der Waals surface area (Å²) in [6, 6.07) is 8.47. The SMILES string of the molecule is Cc1nc(C)c(C(=O)NCc2cccc(OCCN(C)C3CCOCC3)c2)s1. The van der Waals surface area contributed by atoms with Crippen LogP contribution in [0.3, 0.4) is 0 Å². The second kappa shape index (κ2) is 10.0. The van der Waals surface area contributed by atoms with Crippen LogP contribution in [-0.4, -0.2) is 55.2 Å². The predicted octanol–water partition coefficient (Wildman–Crippen LogP) is 3.18. The first-order valence-corrected chi connectivity index (χ1v) is 10.6. The Hall–Kier alpha value is -1.96. The second-order valence-electron chi connectivity index (χ2n) is 7.15. The Morgan fingerprint density at radius 3 is 2.86 bits per heavy atom. The number of aryl methyl sites for hydroxylation is 2. The number of carbonyl (C=O) groups is 1. The highest BCUT2D eigenvalue weighted by Gasteiger charge is 2.18. The van der Waals surface area contributed by atoms with Crippen molar-refractivity contribution in [1.82, 2.24) is 15.2 Å². The van der Waals surface area contributed by atoms with E-state index in [4.69, 9.17) is 9.47 Å². The molecule has 0 atom stereocenters. The fourth-order valence-corrected chi connectivity index (χ4v) is 4.20. The molecule has 1 amide bonds. The molecule has 0 radical (unpaired) electrons. The summed E-state index contributed by atoms with van der Waals surface area (Å²) in [6.07, 6.45) is 2.18. The monoisotopic (exact) mass is 403 g/mol. The molecule has 152 valence electrons. The van der Waals surface area contributed by atoms with E-state index in [9.17, 15) is 4.79 Å². The van der Waals surface area contributed by atoms with Crippen LogP contribution in [0.4, 0.5) is 0 Å². The van der Waals surface area contributed by atoms with Crippen LogP contribution in [0.5, 0.6) is 5.75 Å². The number of likely N-dealkylation sites (N-methyl/N-ethyl adjacent to an activating group) is 1. The fraction of sp³-hybridized carbons (Fsp3) is 0.524. The normalized spacial score (nSPS) is 15.0. The van der Waals surface area contributed by atoms with Crippen molar-refractivity contribution < 1.29 is 14.3 Å². The summed E-state index contributed by atoms with van der Waals surface area (Å²) in [7, 11) is 2.15. The largest absolute Gasteiger partial charge is 0.492 e. The summed E-state index contributed by atoms with van der Waals surface area (Å²) in [4.78, 5) is 19.7. The van der Waals surface area contributed by atoms with E-state index in [0.29, 0.717) is 24.1 Å². The molecule has 2 heterocycles. The molecule has 0 saturated carbocycles. The van der Waals surface area contributed by atoms with Crippen LogP contribution >= 0.6 is 11.3 Å². The van der Waals surface area contributed by atoms with Gasteiger partial charge in [-0.25, -0.2) is 4.98 Å². The summed E-state index contributed by atoms with van der Waals surface area (Å²) < 4.78 is 11.4. The molecule has 1 saturated heterocycles. The van der Waals surface area contributed by atoms with E-state index in [0.717, 1.165) is 54.6 Å². The lowest BCUT2D eigenvalue weighted by atomic mass is 10.1. The Balaban J connectivity index is 1.45. The molecular weight excluding hydrogens is 374 g/mol. The van der Waals surface area contributed by atoms with Gasteiger partial charge in [0.05, 0.1) is 10.7 Å². The zero-order valence-corrected chi connectivity index (χ0v) is 17.7. The number of nitrogens with one attached hydrogen (secondary N) is 1. The van der Waals surface area contributed by atoms with Crippen LogP contribution in [0.15, 0.2) is 24.3 Å². The first-order valence-electron chi connectivity index (χ1n) is 9.75. The van der Waals surface area contributed by atoms with Gasteiger partial charge >= 0.3 is 0 Å². The van der Waals surface area contributed by atoms with Gasteiger partial charge in [0.15, 0.2) is 0 Å². The number of aromatic nitrogens is 1. The van der Waals surface area contributed by atoms with Gasteiger partial charge in [0, 0.05) is 32.3 Å². The minimum Gasteiger partial charge on any atom is -0.492 e. The molecule has 1 aliphatic rings. The van der Waals surface area contributed by atoms with Gasteiger partial charge in [0.2, 0.25) is 0 Å².